The number of hydrogen-bond donors (Lipinski definition) is 2. The maximum atomic E-state index is 5.80. The van der Waals surface area contributed by atoms with Crippen LogP contribution >= 0.6 is 23.6 Å². The highest BCUT2D eigenvalue weighted by atomic mass is 32.1. The van der Waals surface area contributed by atoms with Crippen LogP contribution in [0.15, 0.2) is 53.5 Å². The average molecular weight is 361 g/mol. The Morgan fingerprint density at radius 2 is 2.25 bits per heavy atom. The summed E-state index contributed by atoms with van der Waals surface area (Å²) in [6.07, 6.45) is 3.38. The van der Waals surface area contributed by atoms with Gasteiger partial charge in [-0.3, -0.25) is 5.43 Å². The third-order valence-corrected chi connectivity index (χ3v) is 4.01. The van der Waals surface area contributed by atoms with Crippen LogP contribution in [0.25, 0.3) is 0 Å². The van der Waals surface area contributed by atoms with E-state index in [-0.39, 0.29) is 0 Å². The van der Waals surface area contributed by atoms with Gasteiger partial charge in [-0.2, -0.15) is 5.10 Å². The minimum atomic E-state index is 0.439. The third-order valence-electron chi connectivity index (χ3n) is 2.92. The third kappa shape index (κ3) is 5.68. The second kappa shape index (κ2) is 9.69. The summed E-state index contributed by atoms with van der Waals surface area (Å²) in [6.45, 7) is 4.71. The lowest BCUT2D eigenvalue weighted by Gasteiger charge is -2.10. The van der Waals surface area contributed by atoms with Crippen molar-refractivity contribution < 1.29 is 9.47 Å². The molecule has 0 bridgehead atoms. The van der Waals surface area contributed by atoms with Gasteiger partial charge in [-0.25, -0.2) is 0 Å². The van der Waals surface area contributed by atoms with Crippen molar-refractivity contribution in [1.29, 1.82) is 0 Å². The van der Waals surface area contributed by atoms with Gasteiger partial charge in [0.2, 0.25) is 0 Å². The largest absolute Gasteiger partial charge is 0.493 e. The van der Waals surface area contributed by atoms with Crippen LogP contribution in [-0.4, -0.2) is 25.0 Å². The van der Waals surface area contributed by atoms with Gasteiger partial charge in [0.1, 0.15) is 6.61 Å². The molecule has 1 aromatic carbocycles. The molecule has 1 aromatic heterocycles. The molecule has 7 heteroatoms. The maximum absolute atomic E-state index is 5.80. The lowest BCUT2D eigenvalue weighted by molar-refractivity contribution is 0.287. The molecule has 2 rings (SSSR count). The topological polar surface area (TPSA) is 54.9 Å². The summed E-state index contributed by atoms with van der Waals surface area (Å²) in [6, 6.07) is 9.66. The Morgan fingerprint density at radius 1 is 1.38 bits per heavy atom. The van der Waals surface area contributed by atoms with Crippen molar-refractivity contribution in [1.82, 2.24) is 10.7 Å². The first kappa shape index (κ1) is 18.0. The highest BCUT2D eigenvalue weighted by molar-refractivity contribution is 7.80. The zero-order valence-corrected chi connectivity index (χ0v) is 15.0. The van der Waals surface area contributed by atoms with Crippen molar-refractivity contribution in [2.24, 2.45) is 5.10 Å². The predicted molar refractivity (Wildman–Crippen MR) is 103 cm³/mol. The van der Waals surface area contributed by atoms with Gasteiger partial charge in [-0.1, -0.05) is 12.1 Å². The lowest BCUT2D eigenvalue weighted by Crippen LogP contribution is -2.31. The number of nitrogens with one attached hydrogen (secondary N) is 2. The van der Waals surface area contributed by atoms with Crippen molar-refractivity contribution in [3.05, 3.63) is 58.8 Å². The van der Waals surface area contributed by atoms with E-state index in [9.17, 15) is 0 Å². The first-order chi connectivity index (χ1) is 11.7. The van der Waals surface area contributed by atoms with E-state index in [1.54, 1.807) is 30.7 Å². The van der Waals surface area contributed by atoms with Crippen LogP contribution in [0.4, 0.5) is 0 Å². The van der Waals surface area contributed by atoms with Crippen molar-refractivity contribution in [2.45, 2.75) is 6.61 Å². The molecule has 0 aliphatic rings. The molecular weight excluding hydrogens is 342 g/mol. The number of nitrogens with zero attached hydrogens (tertiary/aromatic N) is 1. The fourth-order valence-electron chi connectivity index (χ4n) is 1.80. The number of hydrazone groups is 1. The van der Waals surface area contributed by atoms with Gasteiger partial charge in [0, 0.05) is 11.4 Å². The molecule has 126 valence electrons. The summed E-state index contributed by atoms with van der Waals surface area (Å²) in [7, 11) is 1.61. The number of ether oxygens (including phenoxy) is 2. The van der Waals surface area contributed by atoms with Crippen LogP contribution in [0.3, 0.4) is 0 Å². The molecule has 0 amide bonds. The molecule has 0 unspecified atom stereocenters. The van der Waals surface area contributed by atoms with Crippen LogP contribution in [0.1, 0.15) is 10.4 Å². The monoisotopic (exact) mass is 361 g/mol. The molecule has 0 aliphatic carbocycles. The molecule has 0 spiro atoms. The minimum Gasteiger partial charge on any atom is -0.493 e. The standard InChI is InChI=1S/C17H19N3O2S2/c1-3-8-18-17(23)20-19-11-13-6-7-15(16(10-13)21-2)22-12-14-5-4-9-24-14/h3-7,9-11H,1,8,12H2,2H3,(H2,18,20,23)/b19-11-. The smallest absolute Gasteiger partial charge is 0.187 e. The van der Waals surface area contributed by atoms with E-state index in [1.165, 1.54) is 0 Å². The van der Waals surface area contributed by atoms with Crippen molar-refractivity contribution >= 4 is 34.9 Å². The first-order valence-electron chi connectivity index (χ1n) is 7.24. The second-order valence-electron chi connectivity index (χ2n) is 4.65. The minimum absolute atomic E-state index is 0.439. The van der Waals surface area contributed by atoms with Gasteiger partial charge in [0.15, 0.2) is 16.6 Å². The fraction of sp³-hybridized carbons (Fsp3) is 0.176. The fourth-order valence-corrected chi connectivity index (χ4v) is 2.55. The summed E-state index contributed by atoms with van der Waals surface area (Å²) in [4.78, 5) is 1.16. The van der Waals surface area contributed by atoms with Crippen LogP contribution in [0, 0.1) is 0 Å². The molecule has 0 saturated carbocycles. The normalized spacial score (nSPS) is 10.4. The van der Waals surface area contributed by atoms with E-state index in [1.807, 2.05) is 35.7 Å². The summed E-state index contributed by atoms with van der Waals surface area (Å²) in [5, 5.41) is 9.47. The molecule has 0 aliphatic heterocycles. The van der Waals surface area contributed by atoms with Crippen LogP contribution in [0.5, 0.6) is 11.5 Å². The molecule has 0 saturated heterocycles. The van der Waals surface area contributed by atoms with Gasteiger partial charge >= 0.3 is 0 Å². The number of thiophene rings is 1. The summed E-state index contributed by atoms with van der Waals surface area (Å²) in [5.41, 5.74) is 3.60. The van der Waals surface area contributed by atoms with E-state index in [0.29, 0.717) is 29.8 Å². The molecule has 0 atom stereocenters. The van der Waals surface area contributed by atoms with E-state index in [2.05, 4.69) is 22.4 Å². The average Bonchev–Trinajstić information content (AvgIpc) is 3.12. The number of benzene rings is 1. The second-order valence-corrected chi connectivity index (χ2v) is 6.09. The molecule has 2 N–H and O–H groups in total. The zero-order valence-electron chi connectivity index (χ0n) is 13.3. The maximum Gasteiger partial charge on any atom is 0.187 e. The van der Waals surface area contributed by atoms with E-state index in [0.717, 1.165) is 10.4 Å². The number of hydrogen-bond acceptors (Lipinski definition) is 5. The van der Waals surface area contributed by atoms with E-state index < -0.39 is 0 Å². The van der Waals surface area contributed by atoms with E-state index >= 15 is 0 Å². The number of methoxy groups -OCH3 is 1. The summed E-state index contributed by atoms with van der Waals surface area (Å²) in [5.74, 6) is 1.35. The Labute approximate surface area is 151 Å². The highest BCUT2D eigenvalue weighted by Crippen LogP contribution is 2.28. The SMILES string of the molecule is C=CCNC(=S)N/N=C\c1ccc(OCc2cccs2)c(OC)c1. The predicted octanol–water partition coefficient (Wildman–Crippen LogP) is 3.32. The molecule has 5 nitrogen and oxygen atoms in total. The molecule has 0 radical (unpaired) electrons. The summed E-state index contributed by atoms with van der Waals surface area (Å²) >= 11 is 6.71. The Balaban J connectivity index is 1.94. The molecule has 2 aromatic rings. The Morgan fingerprint density at radius 3 is 2.96 bits per heavy atom. The Kier molecular flexibility index (Phi) is 7.25. The van der Waals surface area contributed by atoms with Crippen LogP contribution in [-0.2, 0) is 6.61 Å². The van der Waals surface area contributed by atoms with E-state index in [4.69, 9.17) is 21.7 Å². The van der Waals surface area contributed by atoms with Crippen molar-refractivity contribution in [2.75, 3.05) is 13.7 Å². The molecule has 24 heavy (non-hydrogen) atoms. The van der Waals surface area contributed by atoms with Gasteiger partial charge < -0.3 is 14.8 Å². The molecule has 1 heterocycles. The quantitative estimate of drug-likeness (QED) is 0.327. The highest BCUT2D eigenvalue weighted by Gasteiger charge is 2.06. The first-order valence-corrected chi connectivity index (χ1v) is 8.52. The van der Waals surface area contributed by atoms with Crippen molar-refractivity contribution in [3.8, 4) is 11.5 Å². The van der Waals surface area contributed by atoms with Crippen molar-refractivity contribution in [3.63, 3.8) is 0 Å². The summed E-state index contributed by atoms with van der Waals surface area (Å²) < 4.78 is 11.2. The van der Waals surface area contributed by atoms with Crippen LogP contribution in [0.2, 0.25) is 0 Å². The Hall–Kier alpha value is -2.38. The number of thiocarbonyl (C=S) groups is 1. The van der Waals surface area contributed by atoms with Gasteiger partial charge in [0.25, 0.3) is 0 Å². The Bertz CT molecular complexity index is 700. The van der Waals surface area contributed by atoms with Gasteiger partial charge in [-0.05, 0) is 47.4 Å². The van der Waals surface area contributed by atoms with Gasteiger partial charge in [0.05, 0.1) is 13.3 Å². The zero-order chi connectivity index (χ0) is 17.2. The molecule has 0 fully saturated rings. The molecular formula is C17H19N3O2S2. The van der Waals surface area contributed by atoms with Crippen LogP contribution < -0.4 is 20.2 Å². The lowest BCUT2D eigenvalue weighted by atomic mass is 10.2. The number of rotatable bonds is 8. The van der Waals surface area contributed by atoms with Gasteiger partial charge in [-0.15, -0.1) is 17.9 Å².